The Kier molecular flexibility index (Phi) is 7.08. The number of ether oxygens (including phenoxy) is 1. The maximum Gasteiger partial charge on any atom is 0.503 e. The molecule has 1 aliphatic rings. The smallest absolute Gasteiger partial charge is 0.503 e. The van der Waals surface area contributed by atoms with Crippen molar-refractivity contribution in [3.8, 4) is 23.3 Å². The van der Waals surface area contributed by atoms with Crippen molar-refractivity contribution >= 4 is 22.8 Å². The average molecular weight is 435 g/mol. The number of carbonyl (C=O) groups excluding carboxylic acids is 1. The van der Waals surface area contributed by atoms with Gasteiger partial charge in [-0.15, -0.1) is 0 Å². The number of nitrogens with one attached hydrogen (secondary N) is 1. The molecule has 4 rings (SSSR count). The number of pyridine rings is 1. The van der Waals surface area contributed by atoms with E-state index in [4.69, 9.17) is 19.7 Å². The highest BCUT2D eigenvalue weighted by Gasteiger charge is 2.22. The Morgan fingerprint density at radius 3 is 2.38 bits per heavy atom. The predicted molar refractivity (Wildman–Crippen MR) is 115 cm³/mol. The summed E-state index contributed by atoms with van der Waals surface area (Å²) in [5.41, 5.74) is -0.0554. The van der Waals surface area contributed by atoms with E-state index < -0.39 is 12.1 Å². The minimum absolute atomic E-state index is 0.0695. The highest BCUT2D eigenvalue weighted by molar-refractivity contribution is 6.03. The molecule has 9 nitrogen and oxygen atoms in total. The standard InChI is InChI=1S/C22H19N3O3.CH2O3/c23-12-19-18-11-16(28-15-7-2-1-3-8-15)9-10-17(18)21(26)20(25-19)22(27)24-13-14-5-4-6-14;2-1(3)4/h1-3,7-11,14,26H,4-6,13H2,(H,24,27);(H2,2,3,4). The summed E-state index contributed by atoms with van der Waals surface area (Å²) in [7, 11) is 0. The maximum atomic E-state index is 12.5. The molecule has 4 N–H and O–H groups in total. The van der Waals surface area contributed by atoms with Crippen molar-refractivity contribution in [2.45, 2.75) is 19.3 Å². The molecule has 3 aromatic rings. The first-order valence-electron chi connectivity index (χ1n) is 9.89. The van der Waals surface area contributed by atoms with Crippen molar-refractivity contribution in [3.63, 3.8) is 0 Å². The quantitative estimate of drug-likeness (QED) is 0.461. The summed E-state index contributed by atoms with van der Waals surface area (Å²) in [6.45, 7) is 0.559. The fourth-order valence-electron chi connectivity index (χ4n) is 3.23. The summed E-state index contributed by atoms with van der Waals surface area (Å²) in [5.74, 6) is 0.960. The lowest BCUT2D eigenvalue weighted by atomic mass is 9.85. The van der Waals surface area contributed by atoms with E-state index in [1.165, 1.54) is 6.42 Å². The molecule has 32 heavy (non-hydrogen) atoms. The molecule has 1 aromatic heterocycles. The van der Waals surface area contributed by atoms with Crippen LogP contribution >= 0.6 is 0 Å². The number of amides is 1. The summed E-state index contributed by atoms with van der Waals surface area (Å²) in [6, 6.07) is 16.2. The largest absolute Gasteiger partial charge is 0.505 e. The second-order valence-corrected chi connectivity index (χ2v) is 7.18. The minimum Gasteiger partial charge on any atom is -0.505 e. The first-order chi connectivity index (χ1) is 15.4. The monoisotopic (exact) mass is 435 g/mol. The van der Waals surface area contributed by atoms with Gasteiger partial charge in [0.25, 0.3) is 5.91 Å². The summed E-state index contributed by atoms with van der Waals surface area (Å²) in [5, 5.41) is 37.7. The van der Waals surface area contributed by atoms with Crippen LogP contribution in [0.4, 0.5) is 4.79 Å². The van der Waals surface area contributed by atoms with Gasteiger partial charge in [0, 0.05) is 17.3 Å². The lowest BCUT2D eigenvalue weighted by molar-refractivity contribution is 0.0931. The second kappa shape index (κ2) is 10.1. The summed E-state index contributed by atoms with van der Waals surface area (Å²) in [4.78, 5) is 25.1. The van der Waals surface area contributed by atoms with Crippen LogP contribution < -0.4 is 10.1 Å². The number of aromatic hydroxyl groups is 1. The van der Waals surface area contributed by atoms with Gasteiger partial charge in [0.05, 0.1) is 0 Å². The first-order valence-corrected chi connectivity index (χ1v) is 9.89. The van der Waals surface area contributed by atoms with E-state index in [-0.39, 0.29) is 17.1 Å². The summed E-state index contributed by atoms with van der Waals surface area (Å²) in [6.07, 6.45) is 1.56. The Morgan fingerprint density at radius 2 is 1.78 bits per heavy atom. The molecule has 1 fully saturated rings. The zero-order valence-electron chi connectivity index (χ0n) is 17.0. The van der Waals surface area contributed by atoms with Gasteiger partial charge >= 0.3 is 6.16 Å². The molecule has 0 bridgehead atoms. The molecular weight excluding hydrogens is 414 g/mol. The fraction of sp³-hybridized carbons (Fsp3) is 0.217. The van der Waals surface area contributed by atoms with Crippen molar-refractivity contribution in [1.82, 2.24) is 10.3 Å². The van der Waals surface area contributed by atoms with Gasteiger partial charge < -0.3 is 25.4 Å². The highest BCUT2D eigenvalue weighted by Crippen LogP contribution is 2.33. The van der Waals surface area contributed by atoms with Crippen LogP contribution in [-0.4, -0.2) is 38.9 Å². The number of aromatic nitrogens is 1. The predicted octanol–water partition coefficient (Wildman–Crippen LogP) is 4.36. The maximum absolute atomic E-state index is 12.5. The first kappa shape index (κ1) is 22.4. The van der Waals surface area contributed by atoms with E-state index in [2.05, 4.69) is 10.3 Å². The Balaban J connectivity index is 0.000000668. The SMILES string of the molecule is N#Cc1nc(C(=O)NCC2CCC2)c(O)c2ccc(Oc3ccccc3)cc12.O=C(O)O. The summed E-state index contributed by atoms with van der Waals surface area (Å²) >= 11 is 0. The topological polar surface area (TPSA) is 153 Å². The van der Waals surface area contributed by atoms with Crippen LogP contribution in [0.2, 0.25) is 0 Å². The molecule has 0 spiro atoms. The molecule has 0 saturated heterocycles. The van der Waals surface area contributed by atoms with Crippen LogP contribution in [0.3, 0.4) is 0 Å². The molecule has 1 amide bonds. The van der Waals surface area contributed by atoms with Gasteiger partial charge in [-0.3, -0.25) is 4.79 Å². The molecule has 0 unspecified atom stereocenters. The van der Waals surface area contributed by atoms with E-state index in [0.717, 1.165) is 12.8 Å². The number of hydrogen-bond acceptors (Lipinski definition) is 6. The average Bonchev–Trinajstić information content (AvgIpc) is 2.73. The number of nitriles is 1. The van der Waals surface area contributed by atoms with Gasteiger partial charge in [0.2, 0.25) is 0 Å². The molecule has 9 heteroatoms. The number of para-hydroxylation sites is 1. The molecule has 0 aliphatic heterocycles. The zero-order chi connectivity index (χ0) is 23.1. The number of carbonyl (C=O) groups is 2. The minimum atomic E-state index is -1.83. The normalized spacial score (nSPS) is 12.6. The fourth-order valence-corrected chi connectivity index (χ4v) is 3.23. The van der Waals surface area contributed by atoms with Gasteiger partial charge in [-0.2, -0.15) is 5.26 Å². The van der Waals surface area contributed by atoms with Crippen LogP contribution in [0.5, 0.6) is 17.2 Å². The van der Waals surface area contributed by atoms with Gasteiger partial charge in [-0.1, -0.05) is 24.6 Å². The molecule has 0 atom stereocenters. The lowest BCUT2D eigenvalue weighted by Gasteiger charge is -2.25. The third-order valence-electron chi connectivity index (χ3n) is 5.03. The molecule has 1 saturated carbocycles. The Morgan fingerprint density at radius 1 is 1.09 bits per heavy atom. The zero-order valence-corrected chi connectivity index (χ0v) is 17.0. The van der Waals surface area contributed by atoms with Crippen LogP contribution in [0, 0.1) is 17.2 Å². The second-order valence-electron chi connectivity index (χ2n) is 7.18. The number of benzene rings is 2. The van der Waals surface area contributed by atoms with Crippen LogP contribution in [0.25, 0.3) is 10.8 Å². The van der Waals surface area contributed by atoms with Gasteiger partial charge in [0.15, 0.2) is 11.4 Å². The number of hydrogen-bond donors (Lipinski definition) is 4. The number of nitrogens with zero attached hydrogens (tertiary/aromatic N) is 2. The third kappa shape index (κ3) is 5.43. The Hall–Kier alpha value is -4.32. The number of rotatable bonds is 5. The van der Waals surface area contributed by atoms with Crippen molar-refractivity contribution < 1.29 is 29.6 Å². The van der Waals surface area contributed by atoms with Gasteiger partial charge in [-0.05, 0) is 49.1 Å². The van der Waals surface area contributed by atoms with Crippen LogP contribution in [0.15, 0.2) is 48.5 Å². The molecule has 2 aromatic carbocycles. The van der Waals surface area contributed by atoms with Crippen LogP contribution in [-0.2, 0) is 0 Å². The van der Waals surface area contributed by atoms with E-state index >= 15 is 0 Å². The third-order valence-corrected chi connectivity index (χ3v) is 5.03. The van der Waals surface area contributed by atoms with E-state index in [1.807, 2.05) is 36.4 Å². The molecule has 1 aliphatic carbocycles. The Bertz CT molecular complexity index is 1170. The van der Waals surface area contributed by atoms with E-state index in [9.17, 15) is 15.2 Å². The van der Waals surface area contributed by atoms with Crippen molar-refractivity contribution in [1.29, 1.82) is 5.26 Å². The van der Waals surface area contributed by atoms with Crippen molar-refractivity contribution in [3.05, 3.63) is 59.9 Å². The van der Waals surface area contributed by atoms with Gasteiger partial charge in [-0.25, -0.2) is 9.78 Å². The molecule has 1 heterocycles. The van der Waals surface area contributed by atoms with Crippen LogP contribution in [0.1, 0.15) is 35.4 Å². The highest BCUT2D eigenvalue weighted by atomic mass is 16.6. The summed E-state index contributed by atoms with van der Waals surface area (Å²) < 4.78 is 5.79. The molecule has 164 valence electrons. The molecule has 0 radical (unpaired) electrons. The number of fused-ring (bicyclic) bond motifs is 1. The van der Waals surface area contributed by atoms with E-state index in [1.54, 1.807) is 18.2 Å². The van der Waals surface area contributed by atoms with Crippen molar-refractivity contribution in [2.75, 3.05) is 6.54 Å². The van der Waals surface area contributed by atoms with Crippen molar-refractivity contribution in [2.24, 2.45) is 5.92 Å². The molecular formula is C23H21N3O6. The Labute approximate surface area is 183 Å². The van der Waals surface area contributed by atoms with Gasteiger partial charge in [0.1, 0.15) is 23.3 Å². The van der Waals surface area contributed by atoms with E-state index in [0.29, 0.717) is 34.7 Å². The lowest BCUT2D eigenvalue weighted by Crippen LogP contribution is -2.32. The number of carboxylic acid groups (broad SMARTS) is 2.